The number of carbonyl (C=O) groups is 1. The van der Waals surface area contributed by atoms with Gasteiger partial charge in [-0.25, -0.2) is 4.98 Å². The van der Waals surface area contributed by atoms with Crippen molar-refractivity contribution in [1.82, 2.24) is 15.6 Å². The van der Waals surface area contributed by atoms with Gasteiger partial charge in [0.05, 0.1) is 6.20 Å². The fourth-order valence-corrected chi connectivity index (χ4v) is 3.17. The molecule has 1 fully saturated rings. The Bertz CT molecular complexity index is 585. The van der Waals surface area contributed by atoms with Crippen molar-refractivity contribution in [3.05, 3.63) is 41.4 Å². The highest BCUT2D eigenvalue weighted by Crippen LogP contribution is 2.24. The lowest BCUT2D eigenvalue weighted by atomic mass is 10.2. The molecule has 1 aromatic carbocycles. The monoisotopic (exact) mass is 359 g/mol. The molecule has 1 unspecified atom stereocenters. The summed E-state index contributed by atoms with van der Waals surface area (Å²) in [6.07, 6.45) is 3.99. The highest BCUT2D eigenvalue weighted by atomic mass is 35.5. The average molecular weight is 360 g/mol. The first kappa shape index (κ1) is 18.9. The van der Waals surface area contributed by atoms with Gasteiger partial charge in [-0.2, -0.15) is 0 Å². The number of hydrogen-bond donors (Lipinski definition) is 2. The molecule has 120 valence electrons. The molecule has 1 aromatic heterocycles. The van der Waals surface area contributed by atoms with E-state index in [2.05, 4.69) is 15.6 Å². The summed E-state index contributed by atoms with van der Waals surface area (Å²) in [5, 5.41) is 7.23. The Labute approximate surface area is 146 Å². The summed E-state index contributed by atoms with van der Waals surface area (Å²) >= 11 is 1.43. The molecule has 1 atom stereocenters. The van der Waals surface area contributed by atoms with Gasteiger partial charge in [-0.05, 0) is 19.4 Å². The van der Waals surface area contributed by atoms with Crippen LogP contribution in [0, 0.1) is 0 Å². The van der Waals surface area contributed by atoms with Crippen LogP contribution in [0.2, 0.25) is 0 Å². The summed E-state index contributed by atoms with van der Waals surface area (Å²) in [7, 11) is 0. The number of amides is 1. The molecule has 4 nitrogen and oxygen atoms in total. The van der Waals surface area contributed by atoms with Crippen molar-refractivity contribution >= 4 is 42.1 Å². The van der Waals surface area contributed by atoms with Crippen molar-refractivity contribution in [3.8, 4) is 10.6 Å². The molecule has 0 radical (unpaired) electrons. The summed E-state index contributed by atoms with van der Waals surface area (Å²) in [6, 6.07) is 10.3. The molecule has 0 bridgehead atoms. The third-order valence-corrected chi connectivity index (χ3v) is 4.47. The number of rotatable bonds is 4. The van der Waals surface area contributed by atoms with Gasteiger partial charge < -0.3 is 10.6 Å². The molecule has 2 aromatic rings. The lowest BCUT2D eigenvalue weighted by Crippen LogP contribution is -2.36. The van der Waals surface area contributed by atoms with Crippen molar-refractivity contribution < 1.29 is 4.79 Å². The van der Waals surface area contributed by atoms with Crippen LogP contribution in [-0.2, 0) is 0 Å². The molecule has 2 heterocycles. The van der Waals surface area contributed by atoms with Crippen LogP contribution in [0.3, 0.4) is 0 Å². The Morgan fingerprint density at radius 3 is 2.77 bits per heavy atom. The number of halogens is 2. The Balaban J connectivity index is 0.00000121. The lowest BCUT2D eigenvalue weighted by molar-refractivity contribution is 0.0954. The zero-order valence-corrected chi connectivity index (χ0v) is 14.4. The third-order valence-electron chi connectivity index (χ3n) is 3.42. The van der Waals surface area contributed by atoms with E-state index in [1.165, 1.54) is 17.8 Å². The topological polar surface area (TPSA) is 54.0 Å². The van der Waals surface area contributed by atoms with Gasteiger partial charge in [0.25, 0.3) is 5.91 Å². The fourth-order valence-electron chi connectivity index (χ4n) is 2.33. The number of benzene rings is 1. The van der Waals surface area contributed by atoms with Crippen LogP contribution in [0.25, 0.3) is 10.6 Å². The Morgan fingerprint density at radius 1 is 1.32 bits per heavy atom. The molecule has 1 saturated heterocycles. The summed E-state index contributed by atoms with van der Waals surface area (Å²) in [6.45, 7) is 1.75. The number of nitrogens with zero attached hydrogens (tertiary/aromatic N) is 1. The van der Waals surface area contributed by atoms with Crippen LogP contribution in [0.4, 0.5) is 0 Å². The van der Waals surface area contributed by atoms with Gasteiger partial charge in [-0.1, -0.05) is 30.3 Å². The maximum Gasteiger partial charge on any atom is 0.263 e. The van der Waals surface area contributed by atoms with Crippen molar-refractivity contribution in [3.63, 3.8) is 0 Å². The van der Waals surface area contributed by atoms with Crippen LogP contribution in [0.1, 0.15) is 22.5 Å². The second-order valence-electron chi connectivity index (χ2n) is 4.90. The first-order valence-electron chi connectivity index (χ1n) is 6.86. The van der Waals surface area contributed by atoms with E-state index in [4.69, 9.17) is 0 Å². The second kappa shape index (κ2) is 9.10. The highest BCUT2D eigenvalue weighted by molar-refractivity contribution is 7.16. The number of carbonyl (C=O) groups excluding carboxylic acids is 1. The SMILES string of the molecule is Cl.Cl.O=C(NCC1CCCN1)c1cnc(-c2ccccc2)s1. The maximum absolute atomic E-state index is 12.1. The fraction of sp³-hybridized carbons (Fsp3) is 0.333. The van der Waals surface area contributed by atoms with E-state index in [0.717, 1.165) is 23.5 Å². The summed E-state index contributed by atoms with van der Waals surface area (Å²) in [5.74, 6) is -0.0293. The molecular weight excluding hydrogens is 341 g/mol. The lowest BCUT2D eigenvalue weighted by Gasteiger charge is -2.10. The minimum atomic E-state index is -0.0293. The van der Waals surface area contributed by atoms with Gasteiger partial charge in [-0.15, -0.1) is 36.2 Å². The molecule has 1 amide bonds. The number of aromatic nitrogens is 1. The molecule has 1 aliphatic rings. The van der Waals surface area contributed by atoms with Crippen LogP contribution in [0.15, 0.2) is 36.5 Å². The van der Waals surface area contributed by atoms with Crippen LogP contribution in [0.5, 0.6) is 0 Å². The normalized spacial score (nSPS) is 16.5. The average Bonchev–Trinajstić information content (AvgIpc) is 3.17. The number of thiazole rings is 1. The van der Waals surface area contributed by atoms with Crippen molar-refractivity contribution in [1.29, 1.82) is 0 Å². The molecule has 2 N–H and O–H groups in total. The first-order valence-corrected chi connectivity index (χ1v) is 7.67. The Morgan fingerprint density at radius 2 is 2.09 bits per heavy atom. The van der Waals surface area contributed by atoms with Gasteiger partial charge in [0.2, 0.25) is 0 Å². The smallest absolute Gasteiger partial charge is 0.263 e. The molecular formula is C15H19Cl2N3OS. The summed E-state index contributed by atoms with van der Waals surface area (Å²) < 4.78 is 0. The van der Waals surface area contributed by atoms with Crippen molar-refractivity contribution in [2.24, 2.45) is 0 Å². The van der Waals surface area contributed by atoms with Crippen LogP contribution >= 0.6 is 36.2 Å². The van der Waals surface area contributed by atoms with E-state index < -0.39 is 0 Å². The van der Waals surface area contributed by atoms with E-state index >= 15 is 0 Å². The Kier molecular flexibility index (Phi) is 7.82. The van der Waals surface area contributed by atoms with Gasteiger partial charge >= 0.3 is 0 Å². The molecule has 0 spiro atoms. The second-order valence-corrected chi connectivity index (χ2v) is 5.93. The zero-order chi connectivity index (χ0) is 13.8. The van der Waals surface area contributed by atoms with Gasteiger partial charge in [0, 0.05) is 18.2 Å². The minimum Gasteiger partial charge on any atom is -0.350 e. The third kappa shape index (κ3) is 4.68. The van der Waals surface area contributed by atoms with Crippen LogP contribution < -0.4 is 10.6 Å². The van der Waals surface area contributed by atoms with E-state index in [1.54, 1.807) is 6.20 Å². The van der Waals surface area contributed by atoms with Crippen molar-refractivity contribution in [2.75, 3.05) is 13.1 Å². The standard InChI is InChI=1S/C15H17N3OS.2ClH/c19-14(17-9-12-7-4-8-16-12)13-10-18-15(20-13)11-5-2-1-3-6-11;;/h1-3,5-6,10,12,16H,4,7-9H2,(H,17,19);2*1H. The largest absolute Gasteiger partial charge is 0.350 e. The maximum atomic E-state index is 12.1. The number of nitrogens with one attached hydrogen (secondary N) is 2. The van der Waals surface area contributed by atoms with E-state index in [0.29, 0.717) is 17.5 Å². The molecule has 3 rings (SSSR count). The van der Waals surface area contributed by atoms with Crippen molar-refractivity contribution in [2.45, 2.75) is 18.9 Å². The van der Waals surface area contributed by atoms with E-state index in [9.17, 15) is 4.79 Å². The molecule has 0 saturated carbocycles. The molecule has 0 aliphatic carbocycles. The molecule has 22 heavy (non-hydrogen) atoms. The predicted octanol–water partition coefficient (Wildman–Crippen LogP) is 3.14. The highest BCUT2D eigenvalue weighted by Gasteiger charge is 2.16. The zero-order valence-electron chi connectivity index (χ0n) is 12.0. The van der Waals surface area contributed by atoms with Gasteiger partial charge in [0.15, 0.2) is 0 Å². The predicted molar refractivity (Wildman–Crippen MR) is 95.4 cm³/mol. The van der Waals surface area contributed by atoms with Gasteiger partial charge in [0.1, 0.15) is 9.88 Å². The Hall–Kier alpha value is -1.14. The quantitative estimate of drug-likeness (QED) is 0.881. The summed E-state index contributed by atoms with van der Waals surface area (Å²) in [4.78, 5) is 17.1. The number of hydrogen-bond acceptors (Lipinski definition) is 4. The molecule has 7 heteroatoms. The summed E-state index contributed by atoms with van der Waals surface area (Å²) in [5.41, 5.74) is 1.05. The first-order chi connectivity index (χ1) is 9.83. The van der Waals surface area contributed by atoms with Gasteiger partial charge in [-0.3, -0.25) is 4.79 Å². The molecule has 1 aliphatic heterocycles. The minimum absolute atomic E-state index is 0. The van der Waals surface area contributed by atoms with E-state index in [-0.39, 0.29) is 30.7 Å². The van der Waals surface area contributed by atoms with E-state index in [1.807, 2.05) is 30.3 Å². The van der Waals surface area contributed by atoms with Crippen LogP contribution in [-0.4, -0.2) is 30.0 Å².